The van der Waals surface area contributed by atoms with Crippen LogP contribution in [0.15, 0.2) is 44.0 Å². The maximum atomic E-state index is 12.6. The fraction of sp³-hybridized carbons (Fsp3) is 0.409. The number of ether oxygens (including phenoxy) is 4. The summed E-state index contributed by atoms with van der Waals surface area (Å²) in [5, 5.41) is 1.46. The molecule has 0 aliphatic carbocycles. The van der Waals surface area contributed by atoms with Crippen molar-refractivity contribution in [3.05, 3.63) is 58.0 Å². The Hall–Kier alpha value is -3.74. The van der Waals surface area contributed by atoms with E-state index in [0.29, 0.717) is 17.3 Å². The van der Waals surface area contributed by atoms with E-state index < -0.39 is 47.9 Å². The van der Waals surface area contributed by atoms with Gasteiger partial charge < -0.3 is 33.1 Å². The molecule has 1 heterocycles. The van der Waals surface area contributed by atoms with Crippen molar-refractivity contribution in [1.82, 2.24) is 5.32 Å². The maximum absolute atomic E-state index is 12.6. The van der Waals surface area contributed by atoms with Crippen molar-refractivity contribution in [3.8, 4) is 0 Å². The van der Waals surface area contributed by atoms with Crippen LogP contribution in [-0.2, 0) is 41.8 Å². The Kier molecular flexibility index (Phi) is 10.9. The summed E-state index contributed by atoms with van der Waals surface area (Å²) in [5.41, 5.74) is 0.715. The number of carbonyl (C=O) groups excluding carboxylic acids is 4. The summed E-state index contributed by atoms with van der Waals surface area (Å²) in [4.78, 5) is 59.2. The molecule has 1 atom stereocenters. The third-order valence-corrected chi connectivity index (χ3v) is 5.04. The third-order valence-electron chi connectivity index (χ3n) is 4.19. The minimum absolute atomic E-state index is 0.0421. The highest BCUT2D eigenvalue weighted by Crippen LogP contribution is 2.14. The number of aryl methyl sites for hydroxylation is 1. The SMILES string of the molecule is Cc1oc(=O)oc1COC(=O)SC[C@H](NC(=O)OCOC(=O)C(C)C)C(=O)OCc1ccccc1. The van der Waals surface area contributed by atoms with E-state index in [1.165, 1.54) is 6.92 Å². The zero-order valence-corrected chi connectivity index (χ0v) is 20.1. The molecule has 0 bridgehead atoms. The third kappa shape index (κ3) is 9.96. The van der Waals surface area contributed by atoms with Crippen LogP contribution < -0.4 is 11.1 Å². The standard InChI is InChI=1S/C22H25NO11S/c1-13(2)18(24)31-12-32-20(26)23-16(19(25)29-9-15-7-5-4-6-8-15)11-35-22(28)30-10-17-14(3)33-21(27)34-17/h4-8,13,16H,9-12H2,1-3H3,(H,23,26)/t16-/m0/s1. The average Bonchev–Trinajstić information content (AvgIpc) is 3.15. The number of benzene rings is 1. The molecule has 13 heteroatoms. The largest absolute Gasteiger partial charge is 0.519 e. The summed E-state index contributed by atoms with van der Waals surface area (Å²) in [5.74, 6) is -2.80. The van der Waals surface area contributed by atoms with Crippen molar-refractivity contribution in [3.63, 3.8) is 0 Å². The van der Waals surface area contributed by atoms with Gasteiger partial charge in [-0.2, -0.15) is 0 Å². The Morgan fingerprint density at radius 2 is 1.66 bits per heavy atom. The van der Waals surface area contributed by atoms with Crippen LogP contribution in [0.1, 0.15) is 30.9 Å². The molecule has 0 fully saturated rings. The lowest BCUT2D eigenvalue weighted by Gasteiger charge is -2.17. The Balaban J connectivity index is 1.90. The number of rotatable bonds is 11. The van der Waals surface area contributed by atoms with Crippen molar-refractivity contribution in [2.24, 2.45) is 5.92 Å². The summed E-state index contributed by atoms with van der Waals surface area (Å²) in [7, 11) is 0. The predicted octanol–water partition coefficient (Wildman–Crippen LogP) is 2.91. The average molecular weight is 512 g/mol. The van der Waals surface area contributed by atoms with E-state index in [9.17, 15) is 24.0 Å². The monoisotopic (exact) mass is 511 g/mol. The van der Waals surface area contributed by atoms with Gasteiger partial charge in [-0.1, -0.05) is 44.2 Å². The topological polar surface area (TPSA) is 161 Å². The second-order valence-corrected chi connectivity index (χ2v) is 8.20. The summed E-state index contributed by atoms with van der Waals surface area (Å²) < 4.78 is 29.1. The van der Waals surface area contributed by atoms with Gasteiger partial charge in [0.05, 0.1) is 5.92 Å². The Labute approximate surface area is 204 Å². The van der Waals surface area contributed by atoms with Gasteiger partial charge in [-0.05, 0) is 24.2 Å². The van der Waals surface area contributed by atoms with Gasteiger partial charge in [-0.15, -0.1) is 0 Å². The predicted molar refractivity (Wildman–Crippen MR) is 120 cm³/mol. The molecule has 0 saturated carbocycles. The molecular weight excluding hydrogens is 486 g/mol. The fourth-order valence-corrected chi connectivity index (χ4v) is 2.98. The molecule has 0 spiro atoms. The van der Waals surface area contributed by atoms with Crippen LogP contribution in [0.25, 0.3) is 0 Å². The summed E-state index contributed by atoms with van der Waals surface area (Å²) in [6.07, 6.45) is -1.06. The quantitative estimate of drug-likeness (QED) is 0.267. The van der Waals surface area contributed by atoms with Gasteiger partial charge in [0.2, 0.25) is 6.79 Å². The molecule has 0 aliphatic rings. The molecule has 0 radical (unpaired) electrons. The van der Waals surface area contributed by atoms with E-state index in [0.717, 1.165) is 0 Å². The first-order chi connectivity index (χ1) is 16.7. The molecule has 2 rings (SSSR count). The van der Waals surface area contributed by atoms with E-state index in [1.54, 1.807) is 44.2 Å². The van der Waals surface area contributed by atoms with Gasteiger partial charge in [-0.3, -0.25) is 4.79 Å². The second-order valence-electron chi connectivity index (χ2n) is 7.24. The minimum Gasteiger partial charge on any atom is -0.459 e. The lowest BCUT2D eigenvalue weighted by molar-refractivity contribution is -0.156. The lowest BCUT2D eigenvalue weighted by atomic mass is 10.2. The fourth-order valence-electron chi connectivity index (χ4n) is 2.31. The first-order valence-electron chi connectivity index (χ1n) is 10.3. The van der Waals surface area contributed by atoms with E-state index in [4.69, 9.17) is 23.4 Å². The van der Waals surface area contributed by atoms with Crippen LogP contribution in [0, 0.1) is 12.8 Å². The van der Waals surface area contributed by atoms with Crippen LogP contribution in [0.4, 0.5) is 9.59 Å². The van der Waals surface area contributed by atoms with Gasteiger partial charge >= 0.3 is 29.2 Å². The molecule has 0 saturated heterocycles. The molecule has 12 nitrogen and oxygen atoms in total. The van der Waals surface area contributed by atoms with E-state index in [1.807, 2.05) is 0 Å². The smallest absolute Gasteiger partial charge is 0.459 e. The van der Waals surface area contributed by atoms with E-state index in [2.05, 4.69) is 9.73 Å². The highest BCUT2D eigenvalue weighted by molar-refractivity contribution is 8.13. The van der Waals surface area contributed by atoms with Crippen molar-refractivity contribution < 1.29 is 47.0 Å². The van der Waals surface area contributed by atoms with Crippen molar-refractivity contribution in [2.75, 3.05) is 12.5 Å². The van der Waals surface area contributed by atoms with Gasteiger partial charge in [-0.25, -0.2) is 19.2 Å². The number of esters is 2. The normalized spacial score (nSPS) is 11.4. The molecule has 0 unspecified atom stereocenters. The van der Waals surface area contributed by atoms with Crippen LogP contribution in [-0.4, -0.2) is 41.9 Å². The molecule has 1 aromatic carbocycles. The molecule has 190 valence electrons. The van der Waals surface area contributed by atoms with Gasteiger partial charge in [0.1, 0.15) is 12.6 Å². The zero-order valence-electron chi connectivity index (χ0n) is 19.3. The molecule has 1 amide bonds. The molecule has 2 aromatic rings. The molecule has 1 N–H and O–H groups in total. The minimum atomic E-state index is -1.29. The summed E-state index contributed by atoms with van der Waals surface area (Å²) in [6.45, 7) is 3.61. The number of alkyl carbamates (subject to hydrolysis) is 1. The van der Waals surface area contributed by atoms with Gasteiger partial charge in [0, 0.05) is 5.75 Å². The van der Waals surface area contributed by atoms with E-state index in [-0.39, 0.29) is 30.5 Å². The first-order valence-corrected chi connectivity index (χ1v) is 11.3. The van der Waals surface area contributed by atoms with Gasteiger partial charge in [0.15, 0.2) is 18.1 Å². The number of amides is 1. The van der Waals surface area contributed by atoms with E-state index >= 15 is 0 Å². The number of hydrogen-bond donors (Lipinski definition) is 1. The van der Waals surface area contributed by atoms with Crippen molar-refractivity contribution >= 4 is 35.1 Å². The number of nitrogens with one attached hydrogen (secondary N) is 1. The van der Waals surface area contributed by atoms with Crippen molar-refractivity contribution in [2.45, 2.75) is 40.0 Å². The highest BCUT2D eigenvalue weighted by atomic mass is 32.2. The summed E-state index contributed by atoms with van der Waals surface area (Å²) >= 11 is 0.573. The number of hydrogen-bond acceptors (Lipinski definition) is 12. The zero-order chi connectivity index (χ0) is 25.8. The second kappa shape index (κ2) is 13.8. The Bertz CT molecular complexity index is 1060. The van der Waals surface area contributed by atoms with Crippen LogP contribution in [0.2, 0.25) is 0 Å². The van der Waals surface area contributed by atoms with Crippen LogP contribution >= 0.6 is 11.8 Å². The number of thioether (sulfide) groups is 1. The Morgan fingerprint density at radius 3 is 2.29 bits per heavy atom. The van der Waals surface area contributed by atoms with Crippen LogP contribution in [0.5, 0.6) is 0 Å². The number of carbonyl (C=O) groups is 4. The van der Waals surface area contributed by atoms with Crippen molar-refractivity contribution in [1.29, 1.82) is 0 Å². The van der Waals surface area contributed by atoms with Gasteiger partial charge in [0.25, 0.3) is 0 Å². The maximum Gasteiger partial charge on any atom is 0.519 e. The molecular formula is C22H25NO11S. The molecule has 0 aliphatic heterocycles. The first kappa shape index (κ1) is 27.5. The summed E-state index contributed by atoms with van der Waals surface area (Å²) in [6, 6.07) is 7.54. The molecule has 1 aromatic heterocycles. The van der Waals surface area contributed by atoms with Crippen LogP contribution in [0.3, 0.4) is 0 Å². The highest BCUT2D eigenvalue weighted by Gasteiger charge is 2.25. The Morgan fingerprint density at radius 1 is 0.943 bits per heavy atom. The lowest BCUT2D eigenvalue weighted by Crippen LogP contribution is -2.44. The molecule has 35 heavy (non-hydrogen) atoms.